The van der Waals surface area contributed by atoms with E-state index >= 15 is 0 Å². The van der Waals surface area contributed by atoms with Gasteiger partial charge in [-0.25, -0.2) is 0 Å². The van der Waals surface area contributed by atoms with Crippen molar-refractivity contribution in [3.63, 3.8) is 0 Å². The predicted molar refractivity (Wildman–Crippen MR) is 81.1 cm³/mol. The van der Waals surface area contributed by atoms with Crippen LogP contribution in [-0.4, -0.2) is 37.1 Å². The molecule has 1 aliphatic rings. The van der Waals surface area contributed by atoms with E-state index in [1.54, 1.807) is 0 Å². The number of hydrogen-bond donors (Lipinski definition) is 1. The molecular weight excluding hydrogens is 220 g/mol. The average Bonchev–Trinajstić information content (AvgIpc) is 2.84. The number of nitrogens with one attached hydrogen (secondary N) is 1. The molecule has 1 saturated carbocycles. The Balaban J connectivity index is 2.54. The molecule has 1 atom stereocenters. The van der Waals surface area contributed by atoms with Crippen LogP contribution in [-0.2, 0) is 0 Å². The highest BCUT2D eigenvalue weighted by atomic mass is 15.2. The molecule has 0 aromatic heterocycles. The van der Waals surface area contributed by atoms with E-state index in [0.717, 1.165) is 6.04 Å². The van der Waals surface area contributed by atoms with Gasteiger partial charge >= 0.3 is 0 Å². The zero-order chi connectivity index (χ0) is 13.4. The van der Waals surface area contributed by atoms with Crippen LogP contribution < -0.4 is 5.32 Å². The van der Waals surface area contributed by atoms with Gasteiger partial charge in [-0.2, -0.15) is 0 Å². The second kappa shape index (κ2) is 8.16. The minimum Gasteiger partial charge on any atom is -0.316 e. The Labute approximate surface area is 115 Å². The van der Waals surface area contributed by atoms with Crippen LogP contribution in [0.4, 0.5) is 0 Å². The van der Waals surface area contributed by atoms with Crippen molar-refractivity contribution in [2.75, 3.05) is 26.2 Å². The van der Waals surface area contributed by atoms with Gasteiger partial charge in [0, 0.05) is 19.1 Å². The predicted octanol–water partition coefficient (Wildman–Crippen LogP) is 3.67. The zero-order valence-corrected chi connectivity index (χ0v) is 13.1. The zero-order valence-electron chi connectivity index (χ0n) is 13.1. The molecule has 0 saturated heterocycles. The third kappa shape index (κ3) is 4.55. The van der Waals surface area contributed by atoms with E-state index in [1.165, 1.54) is 64.7 Å². The molecule has 18 heavy (non-hydrogen) atoms. The van der Waals surface area contributed by atoms with E-state index in [4.69, 9.17) is 0 Å². The lowest BCUT2D eigenvalue weighted by Gasteiger charge is -2.38. The maximum Gasteiger partial charge on any atom is 0.00644 e. The summed E-state index contributed by atoms with van der Waals surface area (Å²) in [6.45, 7) is 14.2. The molecule has 0 aromatic carbocycles. The molecule has 1 fully saturated rings. The minimum atomic E-state index is 0.564. The SMILES string of the molecule is CCCNCC1(CN(CC)C(C)CC)CCCC1. The fourth-order valence-electron chi connectivity index (χ4n) is 3.31. The van der Waals surface area contributed by atoms with Crippen molar-refractivity contribution in [1.82, 2.24) is 10.2 Å². The van der Waals surface area contributed by atoms with E-state index in [1.807, 2.05) is 0 Å². The molecule has 1 aliphatic carbocycles. The maximum absolute atomic E-state index is 3.68. The summed E-state index contributed by atoms with van der Waals surface area (Å²) in [5, 5.41) is 3.68. The molecule has 1 unspecified atom stereocenters. The topological polar surface area (TPSA) is 15.3 Å². The molecule has 0 bridgehead atoms. The molecule has 108 valence electrons. The van der Waals surface area contributed by atoms with Crippen LogP contribution >= 0.6 is 0 Å². The Kier molecular flexibility index (Phi) is 7.25. The van der Waals surface area contributed by atoms with Crippen LogP contribution in [0.3, 0.4) is 0 Å². The number of nitrogens with zero attached hydrogens (tertiary/aromatic N) is 1. The highest BCUT2D eigenvalue weighted by molar-refractivity contribution is 4.90. The van der Waals surface area contributed by atoms with Gasteiger partial charge in [-0.3, -0.25) is 0 Å². The van der Waals surface area contributed by atoms with E-state index in [-0.39, 0.29) is 0 Å². The van der Waals surface area contributed by atoms with Crippen LogP contribution in [0, 0.1) is 5.41 Å². The first-order valence-electron chi connectivity index (χ1n) is 8.12. The fourth-order valence-corrected chi connectivity index (χ4v) is 3.31. The molecule has 0 amide bonds. The summed E-state index contributed by atoms with van der Waals surface area (Å²) in [5.74, 6) is 0. The summed E-state index contributed by atoms with van der Waals surface area (Å²) in [6, 6.07) is 0.735. The molecule has 2 nitrogen and oxygen atoms in total. The minimum absolute atomic E-state index is 0.564. The number of hydrogen-bond acceptors (Lipinski definition) is 2. The molecule has 0 radical (unpaired) electrons. The van der Waals surface area contributed by atoms with Crippen LogP contribution in [0.2, 0.25) is 0 Å². The first kappa shape index (κ1) is 16.0. The molecule has 1 rings (SSSR count). The lowest BCUT2D eigenvalue weighted by molar-refractivity contribution is 0.118. The third-order valence-electron chi connectivity index (χ3n) is 4.75. The highest BCUT2D eigenvalue weighted by Gasteiger charge is 2.35. The maximum atomic E-state index is 3.68. The first-order chi connectivity index (χ1) is 8.67. The van der Waals surface area contributed by atoms with E-state index in [9.17, 15) is 0 Å². The van der Waals surface area contributed by atoms with Crippen molar-refractivity contribution in [2.24, 2.45) is 5.41 Å². The van der Waals surface area contributed by atoms with Crippen molar-refractivity contribution in [3.8, 4) is 0 Å². The summed E-state index contributed by atoms with van der Waals surface area (Å²) in [5.41, 5.74) is 0.564. The van der Waals surface area contributed by atoms with Crippen molar-refractivity contribution < 1.29 is 0 Å². The molecule has 0 heterocycles. The van der Waals surface area contributed by atoms with Gasteiger partial charge in [-0.15, -0.1) is 0 Å². The Morgan fingerprint density at radius 2 is 1.83 bits per heavy atom. The summed E-state index contributed by atoms with van der Waals surface area (Å²) >= 11 is 0. The first-order valence-corrected chi connectivity index (χ1v) is 8.12. The van der Waals surface area contributed by atoms with Crippen LogP contribution in [0.1, 0.15) is 66.2 Å². The van der Waals surface area contributed by atoms with Crippen molar-refractivity contribution >= 4 is 0 Å². The normalized spacial score (nSPS) is 20.5. The van der Waals surface area contributed by atoms with E-state index < -0.39 is 0 Å². The second-order valence-electron chi connectivity index (χ2n) is 6.20. The van der Waals surface area contributed by atoms with Crippen LogP contribution in [0.25, 0.3) is 0 Å². The highest BCUT2D eigenvalue weighted by Crippen LogP contribution is 2.38. The lowest BCUT2D eigenvalue weighted by Crippen LogP contribution is -2.45. The quantitative estimate of drug-likeness (QED) is 0.632. The van der Waals surface area contributed by atoms with Crippen molar-refractivity contribution in [3.05, 3.63) is 0 Å². The van der Waals surface area contributed by atoms with Crippen LogP contribution in [0.5, 0.6) is 0 Å². The molecule has 0 aliphatic heterocycles. The molecule has 1 N–H and O–H groups in total. The third-order valence-corrected chi connectivity index (χ3v) is 4.75. The van der Waals surface area contributed by atoms with Crippen molar-refractivity contribution in [2.45, 2.75) is 72.3 Å². The Hall–Kier alpha value is -0.0800. The van der Waals surface area contributed by atoms with Crippen LogP contribution in [0.15, 0.2) is 0 Å². The summed E-state index contributed by atoms with van der Waals surface area (Å²) in [7, 11) is 0. The van der Waals surface area contributed by atoms with E-state index in [2.05, 4.69) is 37.9 Å². The smallest absolute Gasteiger partial charge is 0.00644 e. The monoisotopic (exact) mass is 254 g/mol. The van der Waals surface area contributed by atoms with Gasteiger partial charge < -0.3 is 10.2 Å². The summed E-state index contributed by atoms with van der Waals surface area (Å²) in [4.78, 5) is 2.69. The molecule has 0 aromatic rings. The molecular formula is C16H34N2. The molecule has 2 heteroatoms. The largest absolute Gasteiger partial charge is 0.316 e. The van der Waals surface area contributed by atoms with Gasteiger partial charge in [0.15, 0.2) is 0 Å². The van der Waals surface area contributed by atoms with Gasteiger partial charge in [-0.05, 0) is 51.1 Å². The van der Waals surface area contributed by atoms with Gasteiger partial charge in [-0.1, -0.05) is 33.6 Å². The Morgan fingerprint density at radius 1 is 1.17 bits per heavy atom. The van der Waals surface area contributed by atoms with Gasteiger partial charge in [0.1, 0.15) is 0 Å². The summed E-state index contributed by atoms with van der Waals surface area (Å²) in [6.07, 6.45) is 8.25. The van der Waals surface area contributed by atoms with Gasteiger partial charge in [0.25, 0.3) is 0 Å². The van der Waals surface area contributed by atoms with Gasteiger partial charge in [0.2, 0.25) is 0 Å². The summed E-state index contributed by atoms with van der Waals surface area (Å²) < 4.78 is 0. The second-order valence-corrected chi connectivity index (χ2v) is 6.20. The molecule has 0 spiro atoms. The van der Waals surface area contributed by atoms with Crippen molar-refractivity contribution in [1.29, 1.82) is 0 Å². The Bertz CT molecular complexity index is 209. The average molecular weight is 254 g/mol. The standard InChI is InChI=1S/C16H34N2/c1-5-12-17-13-16(10-8-9-11-16)14-18(7-3)15(4)6-2/h15,17H,5-14H2,1-4H3. The Morgan fingerprint density at radius 3 is 2.33 bits per heavy atom. The van der Waals surface area contributed by atoms with E-state index in [0.29, 0.717) is 5.41 Å². The fraction of sp³-hybridized carbons (Fsp3) is 1.00. The van der Waals surface area contributed by atoms with Gasteiger partial charge in [0.05, 0.1) is 0 Å². The number of rotatable bonds is 9. The lowest BCUT2D eigenvalue weighted by atomic mass is 9.84.